The second-order valence-electron chi connectivity index (χ2n) is 5.91. The number of anilines is 1. The van der Waals surface area contributed by atoms with Crippen molar-refractivity contribution < 1.29 is 19.5 Å². The predicted molar refractivity (Wildman–Crippen MR) is 86.2 cm³/mol. The van der Waals surface area contributed by atoms with Gasteiger partial charge in [-0.05, 0) is 30.9 Å². The van der Waals surface area contributed by atoms with E-state index in [-0.39, 0.29) is 17.4 Å². The molecule has 0 spiro atoms. The summed E-state index contributed by atoms with van der Waals surface area (Å²) in [5.74, 6) is -1.82. The molecule has 6 nitrogen and oxygen atoms in total. The maximum atomic E-state index is 12.5. The zero-order valence-electron chi connectivity index (χ0n) is 13.2. The zero-order chi connectivity index (χ0) is 16.8. The lowest BCUT2D eigenvalue weighted by Gasteiger charge is -2.28. The Morgan fingerprint density at radius 1 is 1.13 bits per heavy atom. The molecule has 1 saturated carbocycles. The molecule has 1 aromatic carbocycles. The number of hydrogen-bond acceptors (Lipinski definition) is 3. The molecule has 6 heteroatoms. The SMILES string of the molecule is CC(=O)Nc1ccccc1C(=O)N[C@@H](C(=O)O)C1CCCCC1. The molecule has 1 atom stereocenters. The minimum absolute atomic E-state index is 0.0434. The summed E-state index contributed by atoms with van der Waals surface area (Å²) in [6.07, 6.45) is 4.72. The third kappa shape index (κ3) is 4.55. The standard InChI is InChI=1S/C17H22N2O4/c1-11(20)18-14-10-6-5-9-13(14)16(21)19-15(17(22)23)12-7-3-2-4-8-12/h5-6,9-10,12,15H,2-4,7-8H2,1H3,(H,18,20)(H,19,21)(H,22,23)/t15-/m1/s1. The molecule has 0 aliphatic heterocycles. The number of para-hydroxylation sites is 1. The monoisotopic (exact) mass is 318 g/mol. The van der Waals surface area contributed by atoms with Gasteiger partial charge in [0, 0.05) is 6.92 Å². The van der Waals surface area contributed by atoms with Crippen LogP contribution in [0.5, 0.6) is 0 Å². The number of nitrogens with one attached hydrogen (secondary N) is 2. The number of rotatable bonds is 5. The first kappa shape index (κ1) is 17.0. The van der Waals surface area contributed by atoms with Crippen molar-refractivity contribution in [1.82, 2.24) is 5.32 Å². The average molecular weight is 318 g/mol. The fourth-order valence-corrected chi connectivity index (χ4v) is 3.05. The van der Waals surface area contributed by atoms with Crippen molar-refractivity contribution in [2.24, 2.45) is 5.92 Å². The minimum atomic E-state index is -1.01. The molecule has 1 aliphatic carbocycles. The first-order valence-corrected chi connectivity index (χ1v) is 7.89. The normalized spacial score (nSPS) is 16.4. The molecule has 0 unspecified atom stereocenters. The van der Waals surface area contributed by atoms with E-state index in [0.29, 0.717) is 5.69 Å². The van der Waals surface area contributed by atoms with Gasteiger partial charge in [-0.1, -0.05) is 31.4 Å². The Kier molecular flexibility index (Phi) is 5.73. The summed E-state index contributed by atoms with van der Waals surface area (Å²) in [5, 5.41) is 14.7. The number of amides is 2. The topological polar surface area (TPSA) is 95.5 Å². The molecule has 2 rings (SSSR count). The Balaban J connectivity index is 2.15. The molecule has 0 saturated heterocycles. The van der Waals surface area contributed by atoms with Gasteiger partial charge in [0.25, 0.3) is 5.91 Å². The molecule has 1 fully saturated rings. The summed E-state index contributed by atoms with van der Waals surface area (Å²) in [7, 11) is 0. The smallest absolute Gasteiger partial charge is 0.326 e. The van der Waals surface area contributed by atoms with Crippen LogP contribution in [0.1, 0.15) is 49.4 Å². The van der Waals surface area contributed by atoms with Crippen LogP contribution in [0.4, 0.5) is 5.69 Å². The predicted octanol–water partition coefficient (Wildman–Crippen LogP) is 2.41. The highest BCUT2D eigenvalue weighted by Crippen LogP contribution is 2.27. The van der Waals surface area contributed by atoms with Crippen LogP contribution in [0.3, 0.4) is 0 Å². The van der Waals surface area contributed by atoms with E-state index in [1.165, 1.54) is 6.92 Å². The Bertz CT molecular complexity index is 594. The molecule has 0 radical (unpaired) electrons. The van der Waals surface area contributed by atoms with Crippen LogP contribution in [0, 0.1) is 5.92 Å². The van der Waals surface area contributed by atoms with Crippen LogP contribution in [-0.4, -0.2) is 28.9 Å². The highest BCUT2D eigenvalue weighted by Gasteiger charge is 2.31. The summed E-state index contributed by atoms with van der Waals surface area (Å²) >= 11 is 0. The fourth-order valence-electron chi connectivity index (χ4n) is 3.05. The van der Waals surface area contributed by atoms with E-state index in [2.05, 4.69) is 10.6 Å². The Morgan fingerprint density at radius 3 is 2.39 bits per heavy atom. The number of carboxylic acids is 1. The van der Waals surface area contributed by atoms with Gasteiger partial charge in [0.05, 0.1) is 11.3 Å². The molecular formula is C17H22N2O4. The highest BCUT2D eigenvalue weighted by atomic mass is 16.4. The van der Waals surface area contributed by atoms with Crippen molar-refractivity contribution in [3.05, 3.63) is 29.8 Å². The van der Waals surface area contributed by atoms with E-state index in [1.54, 1.807) is 24.3 Å². The highest BCUT2D eigenvalue weighted by molar-refractivity contribution is 6.04. The van der Waals surface area contributed by atoms with Gasteiger partial charge in [-0.2, -0.15) is 0 Å². The molecule has 1 aliphatic rings. The molecule has 0 aromatic heterocycles. The van der Waals surface area contributed by atoms with Gasteiger partial charge in [-0.3, -0.25) is 9.59 Å². The largest absolute Gasteiger partial charge is 0.480 e. The molecule has 3 N–H and O–H groups in total. The number of aliphatic carboxylic acids is 1. The van der Waals surface area contributed by atoms with Crippen molar-refractivity contribution in [2.75, 3.05) is 5.32 Å². The molecule has 23 heavy (non-hydrogen) atoms. The van der Waals surface area contributed by atoms with E-state index in [9.17, 15) is 19.5 Å². The molecule has 1 aromatic rings. The van der Waals surface area contributed by atoms with Crippen LogP contribution in [-0.2, 0) is 9.59 Å². The lowest BCUT2D eigenvalue weighted by Crippen LogP contribution is -2.46. The second kappa shape index (κ2) is 7.76. The summed E-state index contributed by atoms with van der Waals surface area (Å²) < 4.78 is 0. The zero-order valence-corrected chi connectivity index (χ0v) is 13.2. The van der Waals surface area contributed by atoms with Crippen molar-refractivity contribution >= 4 is 23.5 Å². The van der Waals surface area contributed by atoms with Crippen LogP contribution in [0.2, 0.25) is 0 Å². The van der Waals surface area contributed by atoms with Crippen molar-refractivity contribution in [2.45, 2.75) is 45.1 Å². The van der Waals surface area contributed by atoms with Crippen molar-refractivity contribution in [1.29, 1.82) is 0 Å². The lowest BCUT2D eigenvalue weighted by molar-refractivity contribution is -0.141. The fraction of sp³-hybridized carbons (Fsp3) is 0.471. The number of carboxylic acid groups (broad SMARTS) is 1. The first-order chi connectivity index (χ1) is 11.0. The molecule has 2 amide bonds. The van der Waals surface area contributed by atoms with Crippen LogP contribution < -0.4 is 10.6 Å². The molecular weight excluding hydrogens is 296 g/mol. The molecule has 124 valence electrons. The van der Waals surface area contributed by atoms with Crippen LogP contribution in [0.25, 0.3) is 0 Å². The van der Waals surface area contributed by atoms with E-state index >= 15 is 0 Å². The van der Waals surface area contributed by atoms with Crippen LogP contribution in [0.15, 0.2) is 24.3 Å². The average Bonchev–Trinajstić information content (AvgIpc) is 2.53. The summed E-state index contributed by atoms with van der Waals surface area (Å²) in [5.41, 5.74) is 0.648. The van der Waals surface area contributed by atoms with Gasteiger partial charge in [-0.15, -0.1) is 0 Å². The number of hydrogen-bond donors (Lipinski definition) is 3. The third-order valence-corrected chi connectivity index (χ3v) is 4.16. The van der Waals surface area contributed by atoms with Gasteiger partial charge in [0.2, 0.25) is 5.91 Å². The van der Waals surface area contributed by atoms with E-state index in [4.69, 9.17) is 0 Å². The van der Waals surface area contributed by atoms with Crippen molar-refractivity contribution in [3.8, 4) is 0 Å². The Hall–Kier alpha value is -2.37. The Labute approximate surface area is 135 Å². The van der Waals surface area contributed by atoms with E-state index in [1.807, 2.05) is 0 Å². The molecule has 0 bridgehead atoms. The first-order valence-electron chi connectivity index (χ1n) is 7.89. The maximum Gasteiger partial charge on any atom is 0.326 e. The summed E-state index contributed by atoms with van der Waals surface area (Å²) in [6.45, 7) is 1.36. The summed E-state index contributed by atoms with van der Waals surface area (Å²) in [6, 6.07) is 5.68. The van der Waals surface area contributed by atoms with Gasteiger partial charge in [0.15, 0.2) is 0 Å². The van der Waals surface area contributed by atoms with Gasteiger partial charge < -0.3 is 15.7 Å². The number of benzene rings is 1. The van der Waals surface area contributed by atoms with Crippen molar-refractivity contribution in [3.63, 3.8) is 0 Å². The van der Waals surface area contributed by atoms with Gasteiger partial charge in [0.1, 0.15) is 6.04 Å². The summed E-state index contributed by atoms with van der Waals surface area (Å²) in [4.78, 5) is 35.3. The molecule has 0 heterocycles. The Morgan fingerprint density at radius 2 is 1.78 bits per heavy atom. The third-order valence-electron chi connectivity index (χ3n) is 4.16. The minimum Gasteiger partial charge on any atom is -0.480 e. The van der Waals surface area contributed by atoms with E-state index in [0.717, 1.165) is 32.1 Å². The van der Waals surface area contributed by atoms with E-state index < -0.39 is 17.9 Å². The quantitative estimate of drug-likeness (QED) is 0.777. The number of carbonyl (C=O) groups excluding carboxylic acids is 2. The lowest BCUT2D eigenvalue weighted by atomic mass is 9.84. The second-order valence-corrected chi connectivity index (χ2v) is 5.91. The maximum absolute atomic E-state index is 12.5. The van der Waals surface area contributed by atoms with Gasteiger partial charge in [-0.25, -0.2) is 4.79 Å². The van der Waals surface area contributed by atoms with Crippen LogP contribution >= 0.6 is 0 Å². The number of carbonyl (C=O) groups is 3. The van der Waals surface area contributed by atoms with Gasteiger partial charge >= 0.3 is 5.97 Å².